The molecule has 0 radical (unpaired) electrons. The van der Waals surface area contributed by atoms with Crippen LogP contribution in [0.5, 0.6) is 0 Å². The highest BCUT2D eigenvalue weighted by Crippen LogP contribution is 2.19. The number of hydrogen-bond acceptors (Lipinski definition) is 5. The SMILES string of the molecule is CCC1CCN(C(=O)COCCOCCN2CCNCC2)CC1. The van der Waals surface area contributed by atoms with Gasteiger partial charge in [0.25, 0.3) is 0 Å². The standard InChI is InChI=1S/C17H33N3O3/c1-2-16-3-7-20(8-4-16)17(21)15-23-14-13-22-12-11-19-9-5-18-6-10-19/h16,18H,2-15H2,1H3. The Morgan fingerprint density at radius 1 is 1.04 bits per heavy atom. The van der Waals surface area contributed by atoms with Crippen LogP contribution in [0.2, 0.25) is 0 Å². The summed E-state index contributed by atoms with van der Waals surface area (Å²) in [7, 11) is 0. The molecule has 2 rings (SSSR count). The molecule has 0 aromatic rings. The van der Waals surface area contributed by atoms with Crippen LogP contribution in [0.1, 0.15) is 26.2 Å². The molecule has 0 unspecified atom stereocenters. The molecule has 0 aliphatic carbocycles. The molecular weight excluding hydrogens is 294 g/mol. The third-order valence-electron chi connectivity index (χ3n) is 4.90. The lowest BCUT2D eigenvalue weighted by Crippen LogP contribution is -2.44. The van der Waals surface area contributed by atoms with Crippen molar-refractivity contribution in [3.8, 4) is 0 Å². The molecular formula is C17H33N3O3. The van der Waals surface area contributed by atoms with E-state index >= 15 is 0 Å². The van der Waals surface area contributed by atoms with E-state index in [0.717, 1.165) is 71.2 Å². The molecule has 0 aromatic heterocycles. The fourth-order valence-corrected chi connectivity index (χ4v) is 3.19. The van der Waals surface area contributed by atoms with Crippen LogP contribution in [0.25, 0.3) is 0 Å². The summed E-state index contributed by atoms with van der Waals surface area (Å²) in [6.07, 6.45) is 3.50. The van der Waals surface area contributed by atoms with Crippen LogP contribution in [0, 0.1) is 5.92 Å². The molecule has 2 saturated heterocycles. The molecule has 0 aromatic carbocycles. The molecule has 23 heavy (non-hydrogen) atoms. The molecule has 0 saturated carbocycles. The summed E-state index contributed by atoms with van der Waals surface area (Å²) < 4.78 is 11.0. The molecule has 6 heteroatoms. The maximum atomic E-state index is 12.0. The zero-order chi connectivity index (χ0) is 16.3. The molecule has 2 aliphatic rings. The Morgan fingerprint density at radius 3 is 2.43 bits per heavy atom. The lowest BCUT2D eigenvalue weighted by Gasteiger charge is -2.31. The average Bonchev–Trinajstić information content (AvgIpc) is 2.61. The second kappa shape index (κ2) is 11.0. The van der Waals surface area contributed by atoms with Gasteiger partial charge in [0.15, 0.2) is 0 Å². The summed E-state index contributed by atoms with van der Waals surface area (Å²) in [6.45, 7) is 11.3. The van der Waals surface area contributed by atoms with Crippen LogP contribution in [0.4, 0.5) is 0 Å². The molecule has 1 amide bonds. The smallest absolute Gasteiger partial charge is 0.248 e. The number of rotatable bonds is 9. The highest BCUT2D eigenvalue weighted by atomic mass is 16.5. The average molecular weight is 327 g/mol. The summed E-state index contributed by atoms with van der Waals surface area (Å²) >= 11 is 0. The summed E-state index contributed by atoms with van der Waals surface area (Å²) in [5.74, 6) is 0.921. The van der Waals surface area contributed by atoms with Crippen LogP contribution >= 0.6 is 0 Å². The fraction of sp³-hybridized carbons (Fsp3) is 0.941. The molecule has 0 spiro atoms. The van der Waals surface area contributed by atoms with Gasteiger partial charge in [0.1, 0.15) is 6.61 Å². The lowest BCUT2D eigenvalue weighted by molar-refractivity contribution is -0.138. The Labute approximate surface area is 140 Å². The van der Waals surface area contributed by atoms with E-state index in [2.05, 4.69) is 17.1 Å². The van der Waals surface area contributed by atoms with Gasteiger partial charge in [-0.1, -0.05) is 13.3 Å². The molecule has 2 aliphatic heterocycles. The van der Waals surface area contributed by atoms with Gasteiger partial charge in [-0.25, -0.2) is 0 Å². The third-order valence-corrected chi connectivity index (χ3v) is 4.90. The van der Waals surface area contributed by atoms with Crippen LogP contribution in [-0.2, 0) is 14.3 Å². The second-order valence-electron chi connectivity index (χ2n) is 6.49. The van der Waals surface area contributed by atoms with Crippen LogP contribution in [0.3, 0.4) is 0 Å². The van der Waals surface area contributed by atoms with E-state index in [0.29, 0.717) is 13.2 Å². The van der Waals surface area contributed by atoms with Gasteiger partial charge in [0.05, 0.1) is 19.8 Å². The maximum absolute atomic E-state index is 12.0. The topological polar surface area (TPSA) is 54.0 Å². The minimum absolute atomic E-state index is 0.125. The Hall–Kier alpha value is -0.690. The van der Waals surface area contributed by atoms with E-state index in [9.17, 15) is 4.79 Å². The summed E-state index contributed by atoms with van der Waals surface area (Å²) in [5, 5.41) is 3.34. The minimum Gasteiger partial charge on any atom is -0.378 e. The van der Waals surface area contributed by atoms with Crippen molar-refractivity contribution in [2.24, 2.45) is 5.92 Å². The summed E-state index contributed by atoms with van der Waals surface area (Å²) in [4.78, 5) is 16.4. The first kappa shape index (κ1) is 18.6. The number of carbonyl (C=O) groups is 1. The highest BCUT2D eigenvalue weighted by molar-refractivity contribution is 5.77. The first-order valence-electron chi connectivity index (χ1n) is 9.16. The van der Waals surface area contributed by atoms with Crippen molar-refractivity contribution in [2.45, 2.75) is 26.2 Å². The van der Waals surface area contributed by atoms with Gasteiger partial charge in [-0.15, -0.1) is 0 Å². The molecule has 0 bridgehead atoms. The lowest BCUT2D eigenvalue weighted by atomic mass is 9.94. The van der Waals surface area contributed by atoms with Crippen molar-refractivity contribution in [2.75, 3.05) is 72.2 Å². The Kier molecular flexibility index (Phi) is 8.89. The Morgan fingerprint density at radius 2 is 1.74 bits per heavy atom. The molecule has 2 fully saturated rings. The van der Waals surface area contributed by atoms with Gasteiger partial charge in [-0.2, -0.15) is 0 Å². The first-order valence-corrected chi connectivity index (χ1v) is 9.16. The van der Waals surface area contributed by atoms with E-state index < -0.39 is 0 Å². The number of hydrogen-bond donors (Lipinski definition) is 1. The summed E-state index contributed by atoms with van der Waals surface area (Å²) in [5.41, 5.74) is 0. The van der Waals surface area contributed by atoms with Crippen molar-refractivity contribution in [1.82, 2.24) is 15.1 Å². The predicted molar refractivity (Wildman–Crippen MR) is 90.5 cm³/mol. The number of piperazine rings is 1. The van der Waals surface area contributed by atoms with Crippen molar-refractivity contribution < 1.29 is 14.3 Å². The van der Waals surface area contributed by atoms with Gasteiger partial charge in [0, 0.05) is 45.8 Å². The van der Waals surface area contributed by atoms with E-state index in [1.165, 1.54) is 6.42 Å². The van der Waals surface area contributed by atoms with E-state index in [4.69, 9.17) is 9.47 Å². The maximum Gasteiger partial charge on any atom is 0.248 e. The monoisotopic (exact) mass is 327 g/mol. The Balaban J connectivity index is 1.42. The highest BCUT2D eigenvalue weighted by Gasteiger charge is 2.21. The number of nitrogens with one attached hydrogen (secondary N) is 1. The predicted octanol–water partition coefficient (Wildman–Crippen LogP) is 0.573. The molecule has 6 nitrogen and oxygen atoms in total. The number of likely N-dealkylation sites (tertiary alicyclic amines) is 1. The third kappa shape index (κ3) is 7.16. The zero-order valence-electron chi connectivity index (χ0n) is 14.6. The molecule has 0 atom stereocenters. The minimum atomic E-state index is 0.125. The van der Waals surface area contributed by atoms with Gasteiger partial charge >= 0.3 is 0 Å². The zero-order valence-corrected chi connectivity index (χ0v) is 14.6. The van der Waals surface area contributed by atoms with Crippen LogP contribution in [0.15, 0.2) is 0 Å². The number of carbonyl (C=O) groups excluding carboxylic acids is 1. The first-order chi connectivity index (χ1) is 11.3. The van der Waals surface area contributed by atoms with E-state index in [-0.39, 0.29) is 12.5 Å². The quantitative estimate of drug-likeness (QED) is 0.628. The largest absolute Gasteiger partial charge is 0.378 e. The van der Waals surface area contributed by atoms with Crippen LogP contribution in [-0.4, -0.2) is 87.9 Å². The van der Waals surface area contributed by atoms with Gasteiger partial charge < -0.3 is 19.7 Å². The van der Waals surface area contributed by atoms with Crippen molar-refractivity contribution in [1.29, 1.82) is 0 Å². The number of nitrogens with zero attached hydrogens (tertiary/aromatic N) is 2. The fourth-order valence-electron chi connectivity index (χ4n) is 3.19. The number of amides is 1. The second-order valence-corrected chi connectivity index (χ2v) is 6.49. The molecule has 2 heterocycles. The van der Waals surface area contributed by atoms with Gasteiger partial charge in [-0.05, 0) is 18.8 Å². The van der Waals surface area contributed by atoms with Crippen LogP contribution < -0.4 is 5.32 Å². The summed E-state index contributed by atoms with van der Waals surface area (Å²) in [6, 6.07) is 0. The van der Waals surface area contributed by atoms with E-state index in [1.54, 1.807) is 0 Å². The number of ether oxygens (including phenoxy) is 2. The van der Waals surface area contributed by atoms with E-state index in [1.807, 2.05) is 4.90 Å². The van der Waals surface area contributed by atoms with Gasteiger partial charge in [0.2, 0.25) is 5.91 Å². The van der Waals surface area contributed by atoms with Crippen molar-refractivity contribution in [3.05, 3.63) is 0 Å². The normalized spacial score (nSPS) is 20.8. The molecule has 1 N–H and O–H groups in total. The number of piperidine rings is 1. The van der Waals surface area contributed by atoms with Gasteiger partial charge in [-0.3, -0.25) is 9.69 Å². The van der Waals surface area contributed by atoms with Crippen molar-refractivity contribution in [3.63, 3.8) is 0 Å². The Bertz CT molecular complexity index is 327. The van der Waals surface area contributed by atoms with Crippen molar-refractivity contribution >= 4 is 5.91 Å². The molecule has 134 valence electrons.